The van der Waals surface area contributed by atoms with Crippen LogP contribution in [0.4, 0.5) is 0 Å². The lowest BCUT2D eigenvalue weighted by Gasteiger charge is -2.16. The largest absolute Gasteiger partial charge is 0.492 e. The normalized spacial score (nSPS) is 11.6. The van der Waals surface area contributed by atoms with E-state index in [1.807, 2.05) is 42.5 Å². The Hall–Kier alpha value is -3.06. The second-order valence-electron chi connectivity index (χ2n) is 7.77. The second-order valence-corrected chi connectivity index (χ2v) is 8.62. The first kappa shape index (κ1) is 24.6. The molecular formula is C26H29BrN2O4. The van der Waals surface area contributed by atoms with Gasteiger partial charge < -0.3 is 9.47 Å². The van der Waals surface area contributed by atoms with E-state index in [1.165, 1.54) is 12.8 Å². The standard InChI is InChI=1S/C26H29BrN2O4/c1-3-4-5-8-15-32-24-14-12-21(17-23(24)27)26(31)29-28-25(30)18(2)33-22-13-11-19-9-6-7-10-20(19)16-22/h6-7,9-14,16-18H,3-5,8,15H2,1-2H3,(H,28,30)(H,29,31)/t18-/m1/s1. The number of benzene rings is 3. The molecule has 0 spiro atoms. The van der Waals surface area contributed by atoms with Crippen LogP contribution >= 0.6 is 15.9 Å². The van der Waals surface area contributed by atoms with Crippen molar-refractivity contribution in [2.24, 2.45) is 0 Å². The zero-order chi connectivity index (χ0) is 23.6. The number of hydrogen-bond acceptors (Lipinski definition) is 4. The van der Waals surface area contributed by atoms with Crippen molar-refractivity contribution in [2.75, 3.05) is 6.61 Å². The lowest BCUT2D eigenvalue weighted by Crippen LogP contribution is -2.47. The summed E-state index contributed by atoms with van der Waals surface area (Å²) in [6.07, 6.45) is 3.71. The zero-order valence-electron chi connectivity index (χ0n) is 18.9. The van der Waals surface area contributed by atoms with Gasteiger partial charge in [-0.3, -0.25) is 20.4 Å². The van der Waals surface area contributed by atoms with Gasteiger partial charge in [0, 0.05) is 5.56 Å². The van der Waals surface area contributed by atoms with Crippen molar-refractivity contribution in [3.63, 3.8) is 0 Å². The highest BCUT2D eigenvalue weighted by atomic mass is 79.9. The van der Waals surface area contributed by atoms with Crippen molar-refractivity contribution in [3.05, 3.63) is 70.7 Å². The maximum absolute atomic E-state index is 12.4. The molecule has 0 aliphatic carbocycles. The van der Waals surface area contributed by atoms with Crippen LogP contribution in [0.1, 0.15) is 49.9 Å². The van der Waals surface area contributed by atoms with Crippen molar-refractivity contribution in [2.45, 2.75) is 45.6 Å². The molecule has 33 heavy (non-hydrogen) atoms. The molecule has 0 heterocycles. The Morgan fingerprint density at radius 3 is 2.48 bits per heavy atom. The molecule has 174 valence electrons. The molecule has 0 saturated carbocycles. The van der Waals surface area contributed by atoms with E-state index in [-0.39, 0.29) is 0 Å². The van der Waals surface area contributed by atoms with E-state index in [1.54, 1.807) is 25.1 Å². The molecule has 2 amide bonds. The number of fused-ring (bicyclic) bond motifs is 1. The second kappa shape index (κ2) is 12.3. The first-order valence-corrected chi connectivity index (χ1v) is 11.9. The van der Waals surface area contributed by atoms with Crippen LogP contribution in [-0.2, 0) is 4.79 Å². The fourth-order valence-electron chi connectivity index (χ4n) is 3.26. The number of hydrazine groups is 1. The molecule has 0 radical (unpaired) electrons. The zero-order valence-corrected chi connectivity index (χ0v) is 20.5. The van der Waals surface area contributed by atoms with Crippen LogP contribution in [0.15, 0.2) is 65.1 Å². The number of carbonyl (C=O) groups excluding carboxylic acids is 2. The minimum atomic E-state index is -0.790. The topological polar surface area (TPSA) is 76.7 Å². The average molecular weight is 513 g/mol. The average Bonchev–Trinajstić information content (AvgIpc) is 2.82. The van der Waals surface area contributed by atoms with Crippen molar-refractivity contribution >= 4 is 38.5 Å². The fraction of sp³-hybridized carbons (Fsp3) is 0.308. The van der Waals surface area contributed by atoms with Crippen LogP contribution in [0, 0.1) is 0 Å². The number of nitrogens with one attached hydrogen (secondary N) is 2. The third-order valence-corrected chi connectivity index (χ3v) is 5.77. The minimum Gasteiger partial charge on any atom is -0.492 e. The van der Waals surface area contributed by atoms with Gasteiger partial charge in [-0.2, -0.15) is 0 Å². The first-order chi connectivity index (χ1) is 16.0. The van der Waals surface area contributed by atoms with Crippen molar-refractivity contribution < 1.29 is 19.1 Å². The molecular weight excluding hydrogens is 484 g/mol. The van der Waals surface area contributed by atoms with E-state index in [0.29, 0.717) is 28.1 Å². The Bertz CT molecular complexity index is 1100. The number of rotatable bonds is 10. The minimum absolute atomic E-state index is 0.392. The van der Waals surface area contributed by atoms with Gasteiger partial charge in [-0.15, -0.1) is 0 Å². The molecule has 2 N–H and O–H groups in total. The van der Waals surface area contributed by atoms with E-state index in [4.69, 9.17) is 9.47 Å². The lowest BCUT2D eigenvalue weighted by molar-refractivity contribution is -0.128. The molecule has 3 rings (SSSR count). The molecule has 0 aromatic heterocycles. The Balaban J connectivity index is 1.48. The lowest BCUT2D eigenvalue weighted by atomic mass is 10.1. The van der Waals surface area contributed by atoms with Crippen LogP contribution in [0.3, 0.4) is 0 Å². The van der Waals surface area contributed by atoms with Gasteiger partial charge in [-0.25, -0.2) is 0 Å². The number of amides is 2. The number of ether oxygens (including phenoxy) is 2. The molecule has 0 aliphatic heterocycles. The summed E-state index contributed by atoms with van der Waals surface area (Å²) in [5.41, 5.74) is 5.24. The summed E-state index contributed by atoms with van der Waals surface area (Å²) in [5.74, 6) is 0.375. The Kier molecular flexibility index (Phi) is 9.13. The summed E-state index contributed by atoms with van der Waals surface area (Å²) in [4.78, 5) is 24.8. The molecule has 0 bridgehead atoms. The van der Waals surface area contributed by atoms with Gasteiger partial charge >= 0.3 is 0 Å². The molecule has 0 aliphatic rings. The van der Waals surface area contributed by atoms with Gasteiger partial charge in [0.2, 0.25) is 0 Å². The Labute approximate surface area is 202 Å². The molecule has 0 unspecified atom stereocenters. The highest BCUT2D eigenvalue weighted by Crippen LogP contribution is 2.26. The van der Waals surface area contributed by atoms with Gasteiger partial charge in [0.25, 0.3) is 11.8 Å². The molecule has 7 heteroatoms. The summed E-state index contributed by atoms with van der Waals surface area (Å²) >= 11 is 3.44. The van der Waals surface area contributed by atoms with Crippen LogP contribution < -0.4 is 20.3 Å². The van der Waals surface area contributed by atoms with Gasteiger partial charge in [0.05, 0.1) is 11.1 Å². The molecule has 1 atom stereocenters. The summed E-state index contributed by atoms with van der Waals surface area (Å²) < 4.78 is 12.2. The maximum atomic E-state index is 12.4. The number of hydrogen-bond donors (Lipinski definition) is 2. The summed E-state index contributed by atoms with van der Waals surface area (Å²) in [6.45, 7) is 4.43. The molecule has 3 aromatic carbocycles. The van der Waals surface area contributed by atoms with E-state index in [0.717, 1.165) is 23.6 Å². The van der Waals surface area contributed by atoms with E-state index in [2.05, 4.69) is 33.7 Å². The Morgan fingerprint density at radius 2 is 1.73 bits per heavy atom. The van der Waals surface area contributed by atoms with Gasteiger partial charge in [-0.1, -0.05) is 56.5 Å². The van der Waals surface area contributed by atoms with Crippen LogP contribution in [0.25, 0.3) is 10.8 Å². The third-order valence-electron chi connectivity index (χ3n) is 5.15. The molecule has 6 nitrogen and oxygen atoms in total. The van der Waals surface area contributed by atoms with Crippen molar-refractivity contribution in [1.82, 2.24) is 10.9 Å². The van der Waals surface area contributed by atoms with E-state index < -0.39 is 17.9 Å². The Morgan fingerprint density at radius 1 is 0.939 bits per heavy atom. The van der Waals surface area contributed by atoms with E-state index in [9.17, 15) is 9.59 Å². The molecule has 0 fully saturated rings. The third kappa shape index (κ3) is 7.22. The maximum Gasteiger partial charge on any atom is 0.279 e. The van der Waals surface area contributed by atoms with Gasteiger partial charge in [0.15, 0.2) is 6.10 Å². The predicted octanol–water partition coefficient (Wildman–Crippen LogP) is 5.79. The highest BCUT2D eigenvalue weighted by molar-refractivity contribution is 9.10. The van der Waals surface area contributed by atoms with E-state index >= 15 is 0 Å². The van der Waals surface area contributed by atoms with Gasteiger partial charge in [-0.05, 0) is 70.4 Å². The molecule has 3 aromatic rings. The fourth-order valence-corrected chi connectivity index (χ4v) is 3.75. The highest BCUT2D eigenvalue weighted by Gasteiger charge is 2.17. The van der Waals surface area contributed by atoms with Crippen molar-refractivity contribution in [3.8, 4) is 11.5 Å². The monoisotopic (exact) mass is 512 g/mol. The van der Waals surface area contributed by atoms with Crippen LogP contribution in [0.5, 0.6) is 11.5 Å². The van der Waals surface area contributed by atoms with Crippen LogP contribution in [0.2, 0.25) is 0 Å². The predicted molar refractivity (Wildman–Crippen MR) is 133 cm³/mol. The van der Waals surface area contributed by atoms with Gasteiger partial charge in [0.1, 0.15) is 11.5 Å². The number of halogens is 1. The smallest absolute Gasteiger partial charge is 0.279 e. The van der Waals surface area contributed by atoms with Crippen LogP contribution in [-0.4, -0.2) is 24.5 Å². The number of unbranched alkanes of at least 4 members (excludes halogenated alkanes) is 3. The molecule has 0 saturated heterocycles. The summed E-state index contributed by atoms with van der Waals surface area (Å²) in [6, 6.07) is 18.6. The number of carbonyl (C=O) groups is 2. The summed E-state index contributed by atoms with van der Waals surface area (Å²) in [7, 11) is 0. The summed E-state index contributed by atoms with van der Waals surface area (Å²) in [5, 5.41) is 2.11. The first-order valence-electron chi connectivity index (χ1n) is 11.2. The SMILES string of the molecule is CCCCCCOc1ccc(C(=O)NNC(=O)[C@@H](C)Oc2ccc3ccccc3c2)cc1Br. The quantitative estimate of drug-likeness (QED) is 0.266. The van der Waals surface area contributed by atoms with Crippen molar-refractivity contribution in [1.29, 1.82) is 0 Å².